The molecule has 39 heavy (non-hydrogen) atoms. The predicted molar refractivity (Wildman–Crippen MR) is 148 cm³/mol. The molecular formula is C31H40N4O4. The van der Waals surface area contributed by atoms with Gasteiger partial charge in [0, 0.05) is 54.4 Å². The fraction of sp³-hybridized carbons (Fsp3) is 0.613. The first-order valence-corrected chi connectivity index (χ1v) is 14.9. The second-order valence-electron chi connectivity index (χ2n) is 12.7. The lowest BCUT2D eigenvalue weighted by Crippen LogP contribution is -2.40. The summed E-state index contributed by atoms with van der Waals surface area (Å²) in [7, 11) is 0. The summed E-state index contributed by atoms with van der Waals surface area (Å²) in [5.74, 6) is 2.43. The fourth-order valence-electron chi connectivity index (χ4n) is 8.68. The van der Waals surface area contributed by atoms with Gasteiger partial charge in [0.05, 0.1) is 5.69 Å². The molecule has 4 unspecified atom stereocenters. The minimum atomic E-state index is -0.0312. The molecule has 3 aliphatic carbocycles. The summed E-state index contributed by atoms with van der Waals surface area (Å²) in [5.41, 5.74) is 3.80. The van der Waals surface area contributed by atoms with Crippen LogP contribution in [0.4, 0.5) is 0 Å². The van der Waals surface area contributed by atoms with E-state index < -0.39 is 0 Å². The van der Waals surface area contributed by atoms with Gasteiger partial charge < -0.3 is 25.0 Å². The van der Waals surface area contributed by atoms with Crippen molar-refractivity contribution in [2.24, 2.45) is 17.8 Å². The lowest BCUT2D eigenvalue weighted by Gasteiger charge is -2.34. The summed E-state index contributed by atoms with van der Waals surface area (Å²) in [5, 5.41) is 31.3. The number of para-hydroxylation sites is 1. The van der Waals surface area contributed by atoms with Crippen LogP contribution in [0.2, 0.25) is 0 Å². The highest BCUT2D eigenvalue weighted by atomic mass is 16.5. The Morgan fingerprint density at radius 2 is 1.72 bits per heavy atom. The molecule has 0 radical (unpaired) electrons. The zero-order valence-electron chi connectivity index (χ0n) is 23.0. The van der Waals surface area contributed by atoms with Crippen molar-refractivity contribution in [2.45, 2.75) is 82.7 Å². The molecule has 3 N–H and O–H groups in total. The topological polar surface area (TPSA) is 104 Å². The Bertz CT molecular complexity index is 1390. The summed E-state index contributed by atoms with van der Waals surface area (Å²) in [6.45, 7) is 7.58. The zero-order chi connectivity index (χ0) is 26.8. The molecule has 1 aliphatic heterocycles. The van der Waals surface area contributed by atoms with Crippen molar-refractivity contribution in [2.75, 3.05) is 19.6 Å². The number of benzene rings is 1. The van der Waals surface area contributed by atoms with Crippen LogP contribution in [0.15, 0.2) is 28.8 Å². The van der Waals surface area contributed by atoms with Crippen LogP contribution < -0.4 is 5.32 Å². The number of piperidine rings is 1. The van der Waals surface area contributed by atoms with E-state index in [-0.39, 0.29) is 41.5 Å². The Morgan fingerprint density at radius 3 is 2.46 bits per heavy atom. The number of carbonyl (C=O) groups excluding carboxylic acids is 1. The Balaban J connectivity index is 1.02. The largest absolute Gasteiger partial charge is 0.494 e. The fourth-order valence-corrected chi connectivity index (χ4v) is 8.68. The lowest BCUT2D eigenvalue weighted by molar-refractivity contribution is -0.120. The molecule has 208 valence electrons. The summed E-state index contributed by atoms with van der Waals surface area (Å²) < 4.78 is 7.36. The van der Waals surface area contributed by atoms with Crippen LogP contribution in [-0.2, 0) is 11.3 Å². The Labute approximate surface area is 229 Å². The normalized spacial score (nSPS) is 30.8. The molecule has 2 aromatic heterocycles. The SMILES string of the molecule is CC(=O)NC1C2CC(c3c2c(O)n(C[C@H]2CCC[C@@H]2CN2CCC(c4noc5ccccc45)CC2)c3O)C1C. The highest BCUT2D eigenvalue weighted by Crippen LogP contribution is 2.62. The van der Waals surface area contributed by atoms with Gasteiger partial charge >= 0.3 is 0 Å². The van der Waals surface area contributed by atoms with Crippen molar-refractivity contribution in [3.63, 3.8) is 0 Å². The van der Waals surface area contributed by atoms with Gasteiger partial charge in [-0.3, -0.25) is 9.36 Å². The van der Waals surface area contributed by atoms with Crippen LogP contribution in [-0.4, -0.2) is 56.4 Å². The molecule has 4 aliphatic rings. The van der Waals surface area contributed by atoms with Crippen LogP contribution in [0.25, 0.3) is 11.0 Å². The molecule has 3 aromatic rings. The third-order valence-corrected chi connectivity index (χ3v) is 10.6. The van der Waals surface area contributed by atoms with Gasteiger partial charge in [-0.1, -0.05) is 30.6 Å². The highest BCUT2D eigenvalue weighted by molar-refractivity contribution is 5.79. The quantitative estimate of drug-likeness (QED) is 0.410. The van der Waals surface area contributed by atoms with E-state index in [2.05, 4.69) is 34.4 Å². The van der Waals surface area contributed by atoms with Gasteiger partial charge in [0.15, 0.2) is 17.3 Å². The summed E-state index contributed by atoms with van der Waals surface area (Å²) in [6, 6.07) is 8.18. The van der Waals surface area contributed by atoms with E-state index in [0.29, 0.717) is 24.3 Å². The maximum atomic E-state index is 11.8. The van der Waals surface area contributed by atoms with Crippen molar-refractivity contribution >= 4 is 16.9 Å². The predicted octanol–water partition coefficient (Wildman–Crippen LogP) is 5.06. The number of nitrogens with one attached hydrogen (secondary N) is 1. The first kappa shape index (κ1) is 25.0. The van der Waals surface area contributed by atoms with Gasteiger partial charge in [-0.05, 0) is 81.0 Å². The number of carbonyl (C=O) groups is 1. The summed E-state index contributed by atoms with van der Waals surface area (Å²) in [6.07, 6.45) is 6.61. The first-order chi connectivity index (χ1) is 18.9. The average Bonchev–Trinajstić information content (AvgIpc) is 3.73. The molecule has 6 atom stereocenters. The molecule has 2 bridgehead atoms. The van der Waals surface area contributed by atoms with Gasteiger partial charge in [0.2, 0.25) is 5.91 Å². The Kier molecular flexibility index (Phi) is 6.14. The molecule has 3 heterocycles. The monoisotopic (exact) mass is 532 g/mol. The molecule has 1 amide bonds. The van der Waals surface area contributed by atoms with Crippen molar-refractivity contribution in [3.8, 4) is 11.8 Å². The number of fused-ring (bicyclic) bond motifs is 6. The van der Waals surface area contributed by atoms with Gasteiger partial charge in [-0.25, -0.2) is 0 Å². The van der Waals surface area contributed by atoms with Crippen LogP contribution in [0.1, 0.15) is 86.9 Å². The molecule has 1 saturated heterocycles. The number of amides is 1. The standard InChI is InChI=1S/C31H40N4O4/c1-17-23-14-24(28(17)32-18(2)36)27-26(23)30(37)35(31(27)38)16-21-7-5-6-20(21)15-34-12-10-19(11-13-34)29-22-8-3-4-9-25(22)39-33-29/h3-4,8-9,17,19-21,23-24,28,37-38H,5-7,10-16H2,1-2H3,(H,32,36)/t17?,20-,21-,23?,24?,28?/m1/s1. The molecule has 7 rings (SSSR count). The molecule has 8 heteroatoms. The molecular weight excluding hydrogens is 492 g/mol. The van der Waals surface area contributed by atoms with E-state index in [4.69, 9.17) is 4.52 Å². The second kappa shape index (κ2) is 9.58. The number of hydrogen-bond donors (Lipinski definition) is 3. The smallest absolute Gasteiger partial charge is 0.217 e. The van der Waals surface area contributed by atoms with E-state index in [9.17, 15) is 15.0 Å². The number of nitrogens with zero attached hydrogens (tertiary/aromatic N) is 3. The van der Waals surface area contributed by atoms with E-state index in [1.165, 1.54) is 12.8 Å². The van der Waals surface area contributed by atoms with E-state index in [0.717, 1.165) is 73.1 Å². The van der Waals surface area contributed by atoms with Crippen molar-refractivity contribution < 1.29 is 19.5 Å². The molecule has 2 saturated carbocycles. The minimum Gasteiger partial charge on any atom is -0.494 e. The molecule has 8 nitrogen and oxygen atoms in total. The van der Waals surface area contributed by atoms with Crippen molar-refractivity contribution in [3.05, 3.63) is 41.1 Å². The second-order valence-corrected chi connectivity index (χ2v) is 12.7. The van der Waals surface area contributed by atoms with E-state index in [1.54, 1.807) is 11.5 Å². The van der Waals surface area contributed by atoms with Crippen LogP contribution in [0.5, 0.6) is 11.8 Å². The minimum absolute atomic E-state index is 0.0264. The number of rotatable bonds is 6. The summed E-state index contributed by atoms with van der Waals surface area (Å²) in [4.78, 5) is 14.4. The maximum Gasteiger partial charge on any atom is 0.217 e. The lowest BCUT2D eigenvalue weighted by atomic mass is 9.82. The van der Waals surface area contributed by atoms with Crippen LogP contribution in [0, 0.1) is 17.8 Å². The van der Waals surface area contributed by atoms with Gasteiger partial charge in [0.25, 0.3) is 0 Å². The number of aromatic hydroxyl groups is 2. The van der Waals surface area contributed by atoms with Gasteiger partial charge in [-0.15, -0.1) is 0 Å². The number of hydrogen-bond acceptors (Lipinski definition) is 6. The van der Waals surface area contributed by atoms with E-state index in [1.807, 2.05) is 12.1 Å². The third-order valence-electron chi connectivity index (χ3n) is 10.6. The average molecular weight is 533 g/mol. The third kappa shape index (κ3) is 4.05. The van der Waals surface area contributed by atoms with Gasteiger partial charge in [0.1, 0.15) is 0 Å². The highest BCUT2D eigenvalue weighted by Gasteiger charge is 2.54. The van der Waals surface area contributed by atoms with Crippen molar-refractivity contribution in [1.29, 1.82) is 0 Å². The van der Waals surface area contributed by atoms with Crippen molar-refractivity contribution in [1.82, 2.24) is 19.9 Å². The number of aromatic nitrogens is 2. The summed E-state index contributed by atoms with van der Waals surface area (Å²) >= 11 is 0. The zero-order valence-corrected chi connectivity index (χ0v) is 23.0. The maximum absolute atomic E-state index is 11.8. The van der Waals surface area contributed by atoms with Gasteiger partial charge in [-0.2, -0.15) is 0 Å². The number of likely N-dealkylation sites (tertiary alicyclic amines) is 1. The molecule has 0 spiro atoms. The molecule has 3 fully saturated rings. The Morgan fingerprint density at radius 1 is 1.03 bits per heavy atom. The van der Waals surface area contributed by atoms with Crippen LogP contribution in [0.3, 0.4) is 0 Å². The Hall–Kier alpha value is -3.00. The van der Waals surface area contributed by atoms with Crippen LogP contribution >= 0.6 is 0 Å². The first-order valence-electron chi connectivity index (χ1n) is 14.9. The van der Waals surface area contributed by atoms with E-state index >= 15 is 0 Å². The molecule has 1 aromatic carbocycles.